The number of furan rings is 1. The molecule has 2 N–H and O–H groups in total. The molecule has 1 aliphatic heterocycles. The summed E-state index contributed by atoms with van der Waals surface area (Å²) < 4.78 is 16.4. The second-order valence-corrected chi connectivity index (χ2v) is 6.86. The number of urea groups is 1. The number of hydrogen-bond donors (Lipinski definition) is 2. The third-order valence-electron chi connectivity index (χ3n) is 4.65. The number of rotatable bonds is 10. The predicted octanol–water partition coefficient (Wildman–Crippen LogP) is 3.28. The van der Waals surface area contributed by atoms with Gasteiger partial charge in [-0.25, -0.2) is 4.79 Å². The number of nitrogens with zero attached hydrogens (tertiary/aromatic N) is 1. The van der Waals surface area contributed by atoms with Crippen molar-refractivity contribution in [3.63, 3.8) is 0 Å². The minimum Gasteiger partial charge on any atom is -0.508 e. The van der Waals surface area contributed by atoms with Gasteiger partial charge < -0.3 is 29.2 Å². The van der Waals surface area contributed by atoms with Crippen molar-refractivity contribution in [1.29, 1.82) is 0 Å². The predicted molar refractivity (Wildman–Crippen MR) is 104 cm³/mol. The molecule has 2 aromatic rings. The van der Waals surface area contributed by atoms with Crippen molar-refractivity contribution < 1.29 is 23.8 Å². The average molecular weight is 388 g/mol. The fourth-order valence-corrected chi connectivity index (χ4v) is 3.15. The molecule has 7 nitrogen and oxygen atoms in total. The number of nitrogens with one attached hydrogen (secondary N) is 1. The van der Waals surface area contributed by atoms with E-state index in [0.29, 0.717) is 39.3 Å². The molecule has 0 saturated carbocycles. The Hall–Kier alpha value is -2.51. The first-order valence-electron chi connectivity index (χ1n) is 9.74. The van der Waals surface area contributed by atoms with Crippen molar-refractivity contribution in [2.24, 2.45) is 0 Å². The van der Waals surface area contributed by atoms with Gasteiger partial charge in [0.05, 0.1) is 18.9 Å². The molecule has 1 atom stereocenters. The molecule has 0 bridgehead atoms. The maximum atomic E-state index is 12.7. The Morgan fingerprint density at radius 3 is 2.93 bits per heavy atom. The summed E-state index contributed by atoms with van der Waals surface area (Å²) in [5, 5.41) is 13.0. The standard InChI is InChI=1S/C21H28N2O5/c24-20-9-2-1-6-17(20)14-23(15-18-7-3-12-27-18)21(25)22-10-5-11-26-16-19-8-4-13-28-19/h1-2,4,6,8-9,13,18,24H,3,5,7,10-12,14-16H2,(H,22,25). The molecule has 2 amide bonds. The summed E-state index contributed by atoms with van der Waals surface area (Å²) in [6, 6.07) is 10.6. The van der Waals surface area contributed by atoms with Gasteiger partial charge in [0.15, 0.2) is 0 Å². The average Bonchev–Trinajstić information content (AvgIpc) is 3.39. The molecule has 3 rings (SSSR count). The van der Waals surface area contributed by atoms with Crippen LogP contribution in [0.25, 0.3) is 0 Å². The molecule has 2 heterocycles. The lowest BCUT2D eigenvalue weighted by molar-refractivity contribution is 0.0786. The Morgan fingerprint density at radius 2 is 2.18 bits per heavy atom. The van der Waals surface area contributed by atoms with Crippen LogP contribution < -0.4 is 5.32 Å². The molecule has 152 valence electrons. The zero-order valence-electron chi connectivity index (χ0n) is 16.0. The smallest absolute Gasteiger partial charge is 0.317 e. The summed E-state index contributed by atoms with van der Waals surface area (Å²) in [6.45, 7) is 3.07. The van der Waals surface area contributed by atoms with Crippen molar-refractivity contribution in [2.45, 2.75) is 38.5 Å². The fourth-order valence-electron chi connectivity index (χ4n) is 3.15. The van der Waals surface area contributed by atoms with Crippen molar-refractivity contribution in [2.75, 3.05) is 26.3 Å². The molecule has 7 heteroatoms. The highest BCUT2D eigenvalue weighted by Crippen LogP contribution is 2.20. The first-order valence-corrected chi connectivity index (χ1v) is 9.74. The van der Waals surface area contributed by atoms with Crippen molar-refractivity contribution >= 4 is 6.03 Å². The number of benzene rings is 1. The lowest BCUT2D eigenvalue weighted by Gasteiger charge is -2.26. The highest BCUT2D eigenvalue weighted by atomic mass is 16.5. The number of carbonyl (C=O) groups excluding carboxylic acids is 1. The van der Waals surface area contributed by atoms with Gasteiger partial charge in [0.2, 0.25) is 0 Å². The Kier molecular flexibility index (Phi) is 7.75. The van der Waals surface area contributed by atoms with Gasteiger partial charge in [-0.15, -0.1) is 0 Å². The number of hydrogen-bond acceptors (Lipinski definition) is 5. The Morgan fingerprint density at radius 1 is 1.29 bits per heavy atom. The molecule has 0 spiro atoms. The number of carbonyl (C=O) groups is 1. The lowest BCUT2D eigenvalue weighted by Crippen LogP contribution is -2.43. The van der Waals surface area contributed by atoms with Crippen LogP contribution in [0.1, 0.15) is 30.6 Å². The van der Waals surface area contributed by atoms with Gasteiger partial charge in [-0.1, -0.05) is 18.2 Å². The van der Waals surface area contributed by atoms with E-state index >= 15 is 0 Å². The number of aromatic hydroxyl groups is 1. The number of amides is 2. The monoisotopic (exact) mass is 388 g/mol. The maximum absolute atomic E-state index is 12.7. The Labute approximate surface area is 165 Å². The quantitative estimate of drug-likeness (QED) is 0.610. The largest absolute Gasteiger partial charge is 0.508 e. The van der Waals surface area contributed by atoms with E-state index < -0.39 is 0 Å². The van der Waals surface area contributed by atoms with E-state index in [4.69, 9.17) is 13.9 Å². The zero-order valence-corrected chi connectivity index (χ0v) is 16.0. The summed E-state index contributed by atoms with van der Waals surface area (Å²) in [7, 11) is 0. The third kappa shape index (κ3) is 6.28. The van der Waals surface area contributed by atoms with Crippen LogP contribution in [0.2, 0.25) is 0 Å². The van der Waals surface area contributed by atoms with Crippen LogP contribution in [-0.2, 0) is 22.6 Å². The van der Waals surface area contributed by atoms with E-state index in [9.17, 15) is 9.90 Å². The third-order valence-corrected chi connectivity index (χ3v) is 4.65. The second kappa shape index (κ2) is 10.7. The molecule has 1 saturated heterocycles. The summed E-state index contributed by atoms with van der Waals surface area (Å²) >= 11 is 0. The number of para-hydroxylation sites is 1. The maximum Gasteiger partial charge on any atom is 0.317 e. The van der Waals surface area contributed by atoms with Gasteiger partial charge in [-0.3, -0.25) is 0 Å². The Bertz CT molecular complexity index is 713. The van der Waals surface area contributed by atoms with Crippen LogP contribution >= 0.6 is 0 Å². The van der Waals surface area contributed by atoms with E-state index in [1.807, 2.05) is 24.3 Å². The van der Waals surface area contributed by atoms with Crippen LogP contribution in [0, 0.1) is 0 Å². The van der Waals surface area contributed by atoms with Gasteiger partial charge in [0.25, 0.3) is 0 Å². The molecule has 28 heavy (non-hydrogen) atoms. The first kappa shape index (κ1) is 20.2. The van der Waals surface area contributed by atoms with Gasteiger partial charge in [-0.05, 0) is 37.5 Å². The van der Waals surface area contributed by atoms with Gasteiger partial charge in [0, 0.05) is 31.9 Å². The normalized spacial score (nSPS) is 16.2. The number of phenols is 1. The molecule has 0 aliphatic carbocycles. The van der Waals surface area contributed by atoms with Crippen LogP contribution in [0.3, 0.4) is 0 Å². The summed E-state index contributed by atoms with van der Waals surface area (Å²) in [5.74, 6) is 0.980. The molecule has 1 fully saturated rings. The topological polar surface area (TPSA) is 84.2 Å². The summed E-state index contributed by atoms with van der Waals surface area (Å²) in [5.41, 5.74) is 0.720. The highest BCUT2D eigenvalue weighted by molar-refractivity contribution is 5.74. The van der Waals surface area contributed by atoms with Crippen molar-refractivity contribution in [3.05, 3.63) is 54.0 Å². The van der Waals surface area contributed by atoms with Crippen LogP contribution in [0.15, 0.2) is 47.1 Å². The Balaban J connectivity index is 1.44. The minimum absolute atomic E-state index is 0.0493. The van der Waals surface area contributed by atoms with Crippen molar-refractivity contribution in [3.8, 4) is 5.75 Å². The molecule has 0 radical (unpaired) electrons. The molecular weight excluding hydrogens is 360 g/mol. The fraction of sp³-hybridized carbons (Fsp3) is 0.476. The lowest BCUT2D eigenvalue weighted by atomic mass is 10.1. The number of ether oxygens (including phenoxy) is 2. The molecule has 1 aromatic heterocycles. The van der Waals surface area contributed by atoms with Crippen LogP contribution in [0.5, 0.6) is 5.75 Å². The van der Waals surface area contributed by atoms with E-state index in [2.05, 4.69) is 5.32 Å². The van der Waals surface area contributed by atoms with E-state index in [1.54, 1.807) is 23.3 Å². The number of phenolic OH excluding ortho intramolecular Hbond substituents is 1. The van der Waals surface area contributed by atoms with Gasteiger partial charge in [-0.2, -0.15) is 0 Å². The summed E-state index contributed by atoms with van der Waals surface area (Å²) in [6.07, 6.45) is 4.34. The van der Waals surface area contributed by atoms with E-state index in [0.717, 1.165) is 30.8 Å². The van der Waals surface area contributed by atoms with Crippen LogP contribution in [-0.4, -0.2) is 48.4 Å². The van der Waals surface area contributed by atoms with Gasteiger partial charge >= 0.3 is 6.03 Å². The first-order chi connectivity index (χ1) is 13.7. The SMILES string of the molecule is O=C(NCCCOCc1ccco1)N(Cc1ccccc1O)CC1CCCO1. The molecule has 1 aliphatic rings. The van der Waals surface area contributed by atoms with E-state index in [1.165, 1.54) is 0 Å². The van der Waals surface area contributed by atoms with Gasteiger partial charge in [0.1, 0.15) is 18.1 Å². The molecule has 1 aromatic carbocycles. The molecular formula is C21H28N2O5. The zero-order chi connectivity index (χ0) is 19.6. The van der Waals surface area contributed by atoms with Crippen LogP contribution in [0.4, 0.5) is 4.79 Å². The second-order valence-electron chi connectivity index (χ2n) is 6.86. The minimum atomic E-state index is -0.162. The summed E-state index contributed by atoms with van der Waals surface area (Å²) in [4.78, 5) is 14.4. The van der Waals surface area contributed by atoms with E-state index in [-0.39, 0.29) is 17.9 Å². The highest BCUT2D eigenvalue weighted by Gasteiger charge is 2.23. The molecule has 1 unspecified atom stereocenters. The van der Waals surface area contributed by atoms with Crippen molar-refractivity contribution in [1.82, 2.24) is 10.2 Å².